The summed E-state index contributed by atoms with van der Waals surface area (Å²) in [6.07, 6.45) is 0.102. The highest BCUT2D eigenvalue weighted by Crippen LogP contribution is 2.15. The molecule has 1 aromatic carbocycles. The number of benzene rings is 1. The molecular weight excluding hydrogens is 220 g/mol. The van der Waals surface area contributed by atoms with Crippen molar-refractivity contribution in [2.24, 2.45) is 5.73 Å². The van der Waals surface area contributed by atoms with E-state index in [1.807, 2.05) is 6.92 Å². The molecule has 0 spiro atoms. The molecule has 92 valence electrons. The van der Waals surface area contributed by atoms with Gasteiger partial charge in [0.25, 0.3) is 0 Å². The van der Waals surface area contributed by atoms with Gasteiger partial charge in [-0.05, 0) is 18.6 Å². The molecule has 0 aliphatic rings. The molecule has 0 fully saturated rings. The van der Waals surface area contributed by atoms with Gasteiger partial charge in [-0.15, -0.1) is 0 Å². The molecule has 0 atom stereocenters. The number of rotatable bonds is 6. The van der Waals surface area contributed by atoms with Crippen LogP contribution in [0.5, 0.6) is 0 Å². The fourth-order valence-electron chi connectivity index (χ4n) is 1.37. The van der Waals surface area contributed by atoms with E-state index in [-0.39, 0.29) is 18.9 Å². The Morgan fingerprint density at radius 1 is 1.35 bits per heavy atom. The van der Waals surface area contributed by atoms with Crippen molar-refractivity contribution in [1.29, 1.82) is 0 Å². The van der Waals surface area contributed by atoms with E-state index in [1.165, 1.54) is 0 Å². The Morgan fingerprint density at radius 3 is 2.71 bits per heavy atom. The van der Waals surface area contributed by atoms with Crippen LogP contribution in [0.1, 0.15) is 12.5 Å². The van der Waals surface area contributed by atoms with Gasteiger partial charge in [-0.1, -0.05) is 18.2 Å². The van der Waals surface area contributed by atoms with Crippen LogP contribution in [-0.2, 0) is 20.7 Å². The van der Waals surface area contributed by atoms with Gasteiger partial charge in [-0.3, -0.25) is 9.59 Å². The second-order valence-electron chi connectivity index (χ2n) is 3.49. The van der Waals surface area contributed by atoms with E-state index in [9.17, 15) is 9.59 Å². The van der Waals surface area contributed by atoms with Gasteiger partial charge in [0.1, 0.15) is 6.61 Å². The van der Waals surface area contributed by atoms with Crippen LogP contribution in [0.4, 0.5) is 5.69 Å². The van der Waals surface area contributed by atoms with Gasteiger partial charge in [0.2, 0.25) is 11.8 Å². The van der Waals surface area contributed by atoms with Crippen LogP contribution in [0.3, 0.4) is 0 Å². The lowest BCUT2D eigenvalue weighted by Crippen LogP contribution is -2.20. The van der Waals surface area contributed by atoms with Gasteiger partial charge >= 0.3 is 0 Å². The summed E-state index contributed by atoms with van der Waals surface area (Å²) >= 11 is 0. The zero-order valence-electron chi connectivity index (χ0n) is 9.73. The van der Waals surface area contributed by atoms with E-state index in [0.29, 0.717) is 17.9 Å². The third kappa shape index (κ3) is 4.65. The number of ether oxygens (including phenoxy) is 1. The molecule has 2 amide bonds. The van der Waals surface area contributed by atoms with Crippen LogP contribution >= 0.6 is 0 Å². The summed E-state index contributed by atoms with van der Waals surface area (Å²) in [5.41, 5.74) is 6.42. The van der Waals surface area contributed by atoms with Crippen molar-refractivity contribution in [2.75, 3.05) is 18.5 Å². The molecule has 1 rings (SSSR count). The number of nitrogens with two attached hydrogens (primary N) is 1. The first kappa shape index (κ1) is 13.2. The van der Waals surface area contributed by atoms with E-state index in [2.05, 4.69) is 5.32 Å². The molecule has 17 heavy (non-hydrogen) atoms. The van der Waals surface area contributed by atoms with Gasteiger partial charge in [0, 0.05) is 12.3 Å². The molecular formula is C12H16N2O3. The summed E-state index contributed by atoms with van der Waals surface area (Å²) in [5.74, 6) is -0.680. The van der Waals surface area contributed by atoms with Crippen LogP contribution in [0.2, 0.25) is 0 Å². The molecule has 5 nitrogen and oxygen atoms in total. The number of amides is 2. The largest absolute Gasteiger partial charge is 0.372 e. The second-order valence-corrected chi connectivity index (χ2v) is 3.49. The van der Waals surface area contributed by atoms with E-state index < -0.39 is 5.91 Å². The standard InChI is InChI=1S/C12H16N2O3/c1-2-17-8-12(16)14-10-6-4-3-5-9(10)7-11(13)15/h3-6H,2,7-8H2,1H3,(H2,13,15)(H,14,16). The van der Waals surface area contributed by atoms with Crippen LogP contribution in [-0.4, -0.2) is 25.0 Å². The average Bonchev–Trinajstić information content (AvgIpc) is 2.28. The van der Waals surface area contributed by atoms with Crippen LogP contribution in [0.25, 0.3) is 0 Å². The number of carbonyl (C=O) groups is 2. The first-order valence-electron chi connectivity index (χ1n) is 5.37. The normalized spacial score (nSPS) is 9.94. The molecule has 0 heterocycles. The second kappa shape index (κ2) is 6.65. The fourth-order valence-corrected chi connectivity index (χ4v) is 1.37. The molecule has 0 saturated carbocycles. The fraction of sp³-hybridized carbons (Fsp3) is 0.333. The Bertz CT molecular complexity index is 404. The molecule has 5 heteroatoms. The third-order valence-electron chi connectivity index (χ3n) is 2.09. The Hall–Kier alpha value is -1.88. The monoisotopic (exact) mass is 236 g/mol. The van der Waals surface area contributed by atoms with Gasteiger partial charge < -0.3 is 15.8 Å². The van der Waals surface area contributed by atoms with E-state index in [0.717, 1.165) is 0 Å². The molecule has 0 radical (unpaired) electrons. The summed E-state index contributed by atoms with van der Waals surface area (Å²) in [6, 6.07) is 7.04. The van der Waals surface area contributed by atoms with Gasteiger partial charge in [-0.25, -0.2) is 0 Å². The Balaban J connectivity index is 2.69. The highest BCUT2D eigenvalue weighted by atomic mass is 16.5. The third-order valence-corrected chi connectivity index (χ3v) is 2.09. The Morgan fingerprint density at radius 2 is 2.06 bits per heavy atom. The SMILES string of the molecule is CCOCC(=O)Nc1ccccc1CC(N)=O. The Labute approximate surface area is 99.9 Å². The minimum absolute atomic E-state index is 0.00139. The maximum atomic E-state index is 11.5. The molecule has 3 N–H and O–H groups in total. The summed E-state index contributed by atoms with van der Waals surface area (Å²) in [6.45, 7) is 2.30. The molecule has 0 aliphatic carbocycles. The zero-order chi connectivity index (χ0) is 12.7. The minimum atomic E-state index is -0.434. The number of hydrogen-bond acceptors (Lipinski definition) is 3. The van der Waals surface area contributed by atoms with E-state index in [1.54, 1.807) is 24.3 Å². The van der Waals surface area contributed by atoms with Crippen molar-refractivity contribution in [3.8, 4) is 0 Å². The lowest BCUT2D eigenvalue weighted by molar-refractivity contribution is -0.120. The summed E-state index contributed by atoms with van der Waals surface area (Å²) in [7, 11) is 0. The lowest BCUT2D eigenvalue weighted by atomic mass is 10.1. The number of nitrogens with one attached hydrogen (secondary N) is 1. The summed E-state index contributed by atoms with van der Waals surface area (Å²) < 4.78 is 4.98. The minimum Gasteiger partial charge on any atom is -0.372 e. The van der Waals surface area contributed by atoms with Crippen molar-refractivity contribution >= 4 is 17.5 Å². The first-order chi connectivity index (χ1) is 8.13. The molecule has 0 aromatic heterocycles. The van der Waals surface area contributed by atoms with Crippen molar-refractivity contribution < 1.29 is 14.3 Å². The summed E-state index contributed by atoms with van der Waals surface area (Å²) in [4.78, 5) is 22.3. The smallest absolute Gasteiger partial charge is 0.250 e. The summed E-state index contributed by atoms with van der Waals surface area (Å²) in [5, 5.41) is 2.68. The van der Waals surface area contributed by atoms with Crippen molar-refractivity contribution in [3.05, 3.63) is 29.8 Å². The van der Waals surface area contributed by atoms with Crippen molar-refractivity contribution in [3.63, 3.8) is 0 Å². The number of para-hydroxylation sites is 1. The maximum Gasteiger partial charge on any atom is 0.250 e. The van der Waals surface area contributed by atoms with Gasteiger partial charge in [0.15, 0.2) is 0 Å². The maximum absolute atomic E-state index is 11.5. The predicted molar refractivity (Wildman–Crippen MR) is 64.5 cm³/mol. The topological polar surface area (TPSA) is 81.4 Å². The van der Waals surface area contributed by atoms with Gasteiger partial charge in [0.05, 0.1) is 6.42 Å². The molecule has 0 saturated heterocycles. The molecule has 0 unspecified atom stereocenters. The van der Waals surface area contributed by atoms with Crippen molar-refractivity contribution in [1.82, 2.24) is 0 Å². The average molecular weight is 236 g/mol. The van der Waals surface area contributed by atoms with Crippen molar-refractivity contribution in [2.45, 2.75) is 13.3 Å². The predicted octanol–water partition coefficient (Wildman–Crippen LogP) is 0.689. The lowest BCUT2D eigenvalue weighted by Gasteiger charge is -2.09. The highest BCUT2D eigenvalue weighted by molar-refractivity contribution is 5.93. The number of primary amides is 1. The quantitative estimate of drug-likeness (QED) is 0.762. The van der Waals surface area contributed by atoms with Crippen LogP contribution in [0.15, 0.2) is 24.3 Å². The Kier molecular flexibility index (Phi) is 5.16. The van der Waals surface area contributed by atoms with Gasteiger partial charge in [-0.2, -0.15) is 0 Å². The molecule has 0 aliphatic heterocycles. The molecule has 1 aromatic rings. The number of carbonyl (C=O) groups excluding carboxylic acids is 2. The van der Waals surface area contributed by atoms with Crippen LogP contribution in [0, 0.1) is 0 Å². The first-order valence-corrected chi connectivity index (χ1v) is 5.37. The highest BCUT2D eigenvalue weighted by Gasteiger charge is 2.08. The zero-order valence-corrected chi connectivity index (χ0v) is 9.73. The van der Waals surface area contributed by atoms with E-state index in [4.69, 9.17) is 10.5 Å². The number of hydrogen-bond donors (Lipinski definition) is 2. The van der Waals surface area contributed by atoms with E-state index >= 15 is 0 Å². The van der Waals surface area contributed by atoms with Crippen LogP contribution < -0.4 is 11.1 Å². The number of anilines is 1. The molecule has 0 bridgehead atoms.